The fourth-order valence-electron chi connectivity index (χ4n) is 3.48. The number of halogens is 3. The van der Waals surface area contributed by atoms with E-state index < -0.39 is 0 Å². The Hall–Kier alpha value is -1.13. The van der Waals surface area contributed by atoms with Gasteiger partial charge in [-0.3, -0.25) is 0 Å². The fourth-order valence-corrected chi connectivity index (χ4v) is 3.94. The van der Waals surface area contributed by atoms with E-state index in [0.717, 1.165) is 17.9 Å². The summed E-state index contributed by atoms with van der Waals surface area (Å²) in [4.78, 5) is 0. The van der Waals surface area contributed by atoms with Gasteiger partial charge in [-0.15, -0.1) is 12.4 Å². The maximum Gasteiger partial charge on any atom is 0.161 e. The molecular weight excluding hydrogens is 417 g/mol. The van der Waals surface area contributed by atoms with Crippen LogP contribution in [0.5, 0.6) is 11.5 Å². The smallest absolute Gasteiger partial charge is 0.161 e. The molecule has 6 heteroatoms. The molecule has 0 heterocycles. The molecule has 3 rings (SSSR count). The van der Waals surface area contributed by atoms with Crippen LogP contribution in [0.3, 0.4) is 0 Å². The predicted octanol–water partition coefficient (Wildman–Crippen LogP) is 6.82. The lowest BCUT2D eigenvalue weighted by molar-refractivity contribution is 0.284. The van der Waals surface area contributed by atoms with Gasteiger partial charge in [-0.05, 0) is 42.7 Å². The first-order valence-electron chi connectivity index (χ1n) is 9.63. The molecule has 2 aromatic carbocycles. The second-order valence-electron chi connectivity index (χ2n) is 7.08. The molecule has 0 atom stereocenters. The molecule has 0 saturated heterocycles. The molecule has 1 N–H and O–H groups in total. The number of benzene rings is 2. The normalized spacial score (nSPS) is 14.8. The minimum atomic E-state index is 0. The van der Waals surface area contributed by atoms with Crippen LogP contribution in [0.25, 0.3) is 0 Å². The summed E-state index contributed by atoms with van der Waals surface area (Å²) in [5.41, 5.74) is 2.09. The van der Waals surface area contributed by atoms with Crippen molar-refractivity contribution in [2.75, 3.05) is 7.11 Å². The zero-order chi connectivity index (χ0) is 19.1. The summed E-state index contributed by atoms with van der Waals surface area (Å²) in [5, 5.41) is 4.91. The van der Waals surface area contributed by atoms with Crippen molar-refractivity contribution in [3.05, 3.63) is 57.6 Å². The molecule has 3 nitrogen and oxygen atoms in total. The van der Waals surface area contributed by atoms with Crippen molar-refractivity contribution in [1.29, 1.82) is 0 Å². The number of methoxy groups -OCH3 is 1. The van der Waals surface area contributed by atoms with Crippen molar-refractivity contribution in [3.63, 3.8) is 0 Å². The first-order chi connectivity index (χ1) is 13.2. The molecule has 0 unspecified atom stereocenters. The largest absolute Gasteiger partial charge is 0.493 e. The van der Waals surface area contributed by atoms with Crippen molar-refractivity contribution in [3.8, 4) is 11.5 Å². The molecule has 0 amide bonds. The van der Waals surface area contributed by atoms with Crippen LogP contribution in [0, 0.1) is 0 Å². The molecular formula is C22H28Cl3NO2. The molecule has 2 aromatic rings. The van der Waals surface area contributed by atoms with Crippen molar-refractivity contribution in [2.45, 2.75) is 57.7 Å². The van der Waals surface area contributed by atoms with E-state index in [0.29, 0.717) is 28.4 Å². The van der Waals surface area contributed by atoms with Gasteiger partial charge >= 0.3 is 0 Å². The lowest BCUT2D eigenvalue weighted by Gasteiger charge is -2.17. The van der Waals surface area contributed by atoms with Crippen LogP contribution in [0.4, 0.5) is 0 Å². The summed E-state index contributed by atoms with van der Waals surface area (Å²) >= 11 is 12.2. The highest BCUT2D eigenvalue weighted by atomic mass is 35.5. The van der Waals surface area contributed by atoms with Gasteiger partial charge in [0.2, 0.25) is 0 Å². The summed E-state index contributed by atoms with van der Waals surface area (Å²) in [6, 6.07) is 12.1. The van der Waals surface area contributed by atoms with Gasteiger partial charge < -0.3 is 14.8 Å². The monoisotopic (exact) mass is 443 g/mol. The average molecular weight is 445 g/mol. The summed E-state index contributed by atoms with van der Waals surface area (Å²) in [6.45, 7) is 1.22. The first kappa shape index (κ1) is 23.2. The van der Waals surface area contributed by atoms with Gasteiger partial charge in [0.25, 0.3) is 0 Å². The third-order valence-corrected chi connectivity index (χ3v) is 5.66. The summed E-state index contributed by atoms with van der Waals surface area (Å²) in [6.07, 6.45) is 7.97. The maximum atomic E-state index is 6.22. The van der Waals surface area contributed by atoms with Gasteiger partial charge in [0.05, 0.1) is 7.11 Å². The van der Waals surface area contributed by atoms with Crippen LogP contribution >= 0.6 is 35.6 Å². The number of ether oxygens (including phenoxy) is 2. The van der Waals surface area contributed by atoms with Gasteiger partial charge in [0, 0.05) is 28.2 Å². The molecule has 0 spiro atoms. The van der Waals surface area contributed by atoms with Crippen molar-refractivity contribution in [1.82, 2.24) is 5.32 Å². The third kappa shape index (κ3) is 6.73. The van der Waals surface area contributed by atoms with Crippen LogP contribution in [0.15, 0.2) is 36.4 Å². The van der Waals surface area contributed by atoms with Gasteiger partial charge in [-0.1, -0.05) is 61.0 Å². The number of hydrogen-bond acceptors (Lipinski definition) is 3. The average Bonchev–Trinajstić information content (AvgIpc) is 2.95. The maximum absolute atomic E-state index is 6.22. The van der Waals surface area contributed by atoms with E-state index in [1.807, 2.05) is 24.3 Å². The zero-order valence-corrected chi connectivity index (χ0v) is 18.5. The van der Waals surface area contributed by atoms with Gasteiger partial charge in [0.15, 0.2) is 11.5 Å². The van der Waals surface area contributed by atoms with E-state index in [9.17, 15) is 0 Å². The van der Waals surface area contributed by atoms with Crippen molar-refractivity contribution in [2.24, 2.45) is 0 Å². The van der Waals surface area contributed by atoms with E-state index in [4.69, 9.17) is 32.7 Å². The van der Waals surface area contributed by atoms with Gasteiger partial charge in [-0.2, -0.15) is 0 Å². The number of rotatable bonds is 7. The minimum absolute atomic E-state index is 0. The first-order valence-corrected chi connectivity index (χ1v) is 10.4. The van der Waals surface area contributed by atoms with Crippen LogP contribution in [-0.4, -0.2) is 13.2 Å². The Morgan fingerprint density at radius 3 is 2.39 bits per heavy atom. The second kappa shape index (κ2) is 11.8. The Morgan fingerprint density at radius 1 is 0.964 bits per heavy atom. The van der Waals surface area contributed by atoms with Crippen LogP contribution < -0.4 is 14.8 Å². The Labute approximate surface area is 184 Å². The third-order valence-electron chi connectivity index (χ3n) is 5.08. The summed E-state index contributed by atoms with van der Waals surface area (Å²) in [7, 11) is 1.67. The minimum Gasteiger partial charge on any atom is -0.493 e. The quantitative estimate of drug-likeness (QED) is 0.475. The molecule has 1 aliphatic carbocycles. The molecule has 0 bridgehead atoms. The number of hydrogen-bond donors (Lipinski definition) is 1. The molecule has 0 aromatic heterocycles. The Bertz CT molecular complexity index is 747. The number of nitrogens with one attached hydrogen (secondary N) is 1. The predicted molar refractivity (Wildman–Crippen MR) is 119 cm³/mol. The van der Waals surface area contributed by atoms with Gasteiger partial charge in [-0.25, -0.2) is 0 Å². The zero-order valence-electron chi connectivity index (χ0n) is 16.2. The van der Waals surface area contributed by atoms with Crippen molar-refractivity contribution >= 4 is 35.6 Å². The second-order valence-corrected chi connectivity index (χ2v) is 7.92. The molecule has 154 valence electrons. The fraction of sp³-hybridized carbons (Fsp3) is 0.455. The molecule has 0 aliphatic heterocycles. The topological polar surface area (TPSA) is 30.5 Å². The highest BCUT2D eigenvalue weighted by molar-refractivity contribution is 6.35. The van der Waals surface area contributed by atoms with E-state index >= 15 is 0 Å². The lowest BCUT2D eigenvalue weighted by atomic mass is 10.1. The Kier molecular flexibility index (Phi) is 9.73. The van der Waals surface area contributed by atoms with E-state index in [1.54, 1.807) is 13.2 Å². The highest BCUT2D eigenvalue weighted by Crippen LogP contribution is 2.30. The molecule has 28 heavy (non-hydrogen) atoms. The lowest BCUT2D eigenvalue weighted by Crippen LogP contribution is -2.27. The van der Waals surface area contributed by atoms with Crippen LogP contribution in [-0.2, 0) is 13.2 Å². The highest BCUT2D eigenvalue weighted by Gasteiger charge is 2.13. The summed E-state index contributed by atoms with van der Waals surface area (Å²) in [5.74, 6) is 1.45. The molecule has 1 saturated carbocycles. The Morgan fingerprint density at radius 2 is 1.71 bits per heavy atom. The van der Waals surface area contributed by atoms with E-state index in [2.05, 4.69) is 11.4 Å². The SMILES string of the molecule is COc1cc(CNC2CCCCCC2)ccc1OCc1ccc(Cl)cc1Cl.Cl. The molecule has 1 fully saturated rings. The summed E-state index contributed by atoms with van der Waals surface area (Å²) < 4.78 is 11.5. The Balaban J connectivity index is 0.00000280. The molecule has 1 aliphatic rings. The van der Waals surface area contributed by atoms with Crippen LogP contribution in [0.1, 0.15) is 49.7 Å². The standard InChI is InChI=1S/C22H27Cl2NO2.ClH/c1-26-22-12-16(14-25-19-6-4-2-3-5-7-19)8-11-21(22)27-15-17-9-10-18(23)13-20(17)24;/h8-13,19,25H,2-7,14-15H2,1H3;1H. The van der Waals surface area contributed by atoms with Crippen LogP contribution in [0.2, 0.25) is 10.0 Å². The van der Waals surface area contributed by atoms with E-state index in [-0.39, 0.29) is 12.4 Å². The van der Waals surface area contributed by atoms with E-state index in [1.165, 1.54) is 44.1 Å². The molecule has 0 radical (unpaired) electrons. The van der Waals surface area contributed by atoms with Gasteiger partial charge in [0.1, 0.15) is 6.61 Å². The van der Waals surface area contributed by atoms with Crippen molar-refractivity contribution < 1.29 is 9.47 Å².